The number of hydrogen-bond acceptors (Lipinski definition) is 5. The molecule has 0 radical (unpaired) electrons. The first kappa shape index (κ1) is 12.0. The van der Waals surface area contributed by atoms with Crippen LogP contribution >= 0.6 is 11.3 Å². The largest absolute Gasteiger partial charge is 0.335 e. The van der Waals surface area contributed by atoms with Crippen molar-refractivity contribution in [2.45, 2.75) is 13.0 Å². The molecule has 92 valence electrons. The number of nitro groups is 1. The Bertz CT molecular complexity index is 446. The van der Waals surface area contributed by atoms with Crippen molar-refractivity contribution in [3.05, 3.63) is 27.1 Å². The number of carbonyl (C=O) groups excluding carboxylic acids is 1. The van der Waals surface area contributed by atoms with Crippen molar-refractivity contribution in [3.63, 3.8) is 0 Å². The summed E-state index contributed by atoms with van der Waals surface area (Å²) in [5.74, 6) is -0.114. The van der Waals surface area contributed by atoms with E-state index in [9.17, 15) is 14.9 Å². The van der Waals surface area contributed by atoms with Crippen molar-refractivity contribution in [2.75, 3.05) is 19.6 Å². The van der Waals surface area contributed by atoms with Gasteiger partial charge in [-0.25, -0.2) is 0 Å². The molecule has 1 fully saturated rings. The molecule has 1 unspecified atom stereocenters. The molecule has 0 spiro atoms. The van der Waals surface area contributed by atoms with Crippen molar-refractivity contribution in [1.82, 2.24) is 10.2 Å². The molecule has 1 aromatic rings. The molecule has 2 heterocycles. The molecular weight excluding hydrogens is 242 g/mol. The fraction of sp³-hybridized carbons (Fsp3) is 0.500. The van der Waals surface area contributed by atoms with Gasteiger partial charge in [0.1, 0.15) is 0 Å². The number of rotatable bonds is 2. The highest BCUT2D eigenvalue weighted by atomic mass is 32.1. The topological polar surface area (TPSA) is 75.5 Å². The summed E-state index contributed by atoms with van der Waals surface area (Å²) >= 11 is 0.933. The Morgan fingerprint density at radius 1 is 1.65 bits per heavy atom. The molecule has 1 saturated heterocycles. The van der Waals surface area contributed by atoms with Gasteiger partial charge in [0, 0.05) is 31.7 Å². The molecular formula is C10H13N3O3S. The lowest BCUT2D eigenvalue weighted by Crippen LogP contribution is -2.51. The van der Waals surface area contributed by atoms with Crippen molar-refractivity contribution in [3.8, 4) is 0 Å². The molecule has 6 nitrogen and oxygen atoms in total. The predicted octanol–water partition coefficient (Wildman–Crippen LogP) is 1.09. The molecule has 7 heteroatoms. The van der Waals surface area contributed by atoms with Crippen LogP contribution < -0.4 is 5.32 Å². The van der Waals surface area contributed by atoms with E-state index in [2.05, 4.69) is 5.32 Å². The van der Waals surface area contributed by atoms with Crippen molar-refractivity contribution < 1.29 is 9.72 Å². The SMILES string of the molecule is CC1CN(C(=O)c2ccc([N+](=O)[O-])s2)CCN1. The molecule has 1 aliphatic heterocycles. The van der Waals surface area contributed by atoms with Crippen molar-refractivity contribution in [1.29, 1.82) is 0 Å². The maximum Gasteiger partial charge on any atom is 0.324 e. The molecule has 2 rings (SSSR count). The quantitative estimate of drug-likeness (QED) is 0.634. The smallest absolute Gasteiger partial charge is 0.324 e. The summed E-state index contributed by atoms with van der Waals surface area (Å²) in [5, 5.41) is 13.8. The van der Waals surface area contributed by atoms with Crippen LogP contribution in [0.1, 0.15) is 16.6 Å². The number of hydrogen-bond donors (Lipinski definition) is 1. The third kappa shape index (κ3) is 2.62. The van der Waals surface area contributed by atoms with Gasteiger partial charge in [0.05, 0.1) is 9.80 Å². The molecule has 1 aromatic heterocycles. The highest BCUT2D eigenvalue weighted by molar-refractivity contribution is 7.17. The maximum atomic E-state index is 12.1. The third-order valence-electron chi connectivity index (χ3n) is 2.64. The summed E-state index contributed by atoms with van der Waals surface area (Å²) in [5.41, 5.74) is 0. The summed E-state index contributed by atoms with van der Waals surface area (Å²) in [6.07, 6.45) is 0. The van der Waals surface area contributed by atoms with Crippen LogP contribution in [-0.2, 0) is 0 Å². The van der Waals surface area contributed by atoms with Gasteiger partial charge in [-0.05, 0) is 13.0 Å². The minimum absolute atomic E-state index is 0.0107. The monoisotopic (exact) mass is 255 g/mol. The zero-order chi connectivity index (χ0) is 12.4. The molecule has 0 saturated carbocycles. The fourth-order valence-corrected chi connectivity index (χ4v) is 2.60. The van der Waals surface area contributed by atoms with E-state index in [-0.39, 0.29) is 17.0 Å². The van der Waals surface area contributed by atoms with E-state index in [1.807, 2.05) is 6.92 Å². The Morgan fingerprint density at radius 3 is 3.00 bits per heavy atom. The predicted molar refractivity (Wildman–Crippen MR) is 64.3 cm³/mol. The van der Waals surface area contributed by atoms with Gasteiger partial charge in [-0.1, -0.05) is 11.3 Å². The van der Waals surface area contributed by atoms with Gasteiger partial charge in [0.2, 0.25) is 0 Å². The minimum atomic E-state index is -0.470. The number of nitrogens with zero attached hydrogens (tertiary/aromatic N) is 2. The Kier molecular flexibility index (Phi) is 3.39. The van der Waals surface area contributed by atoms with E-state index < -0.39 is 4.92 Å². The lowest BCUT2D eigenvalue weighted by atomic mass is 10.2. The zero-order valence-electron chi connectivity index (χ0n) is 9.38. The summed E-state index contributed by atoms with van der Waals surface area (Å²) in [6.45, 7) is 4.07. The van der Waals surface area contributed by atoms with Crippen molar-refractivity contribution in [2.24, 2.45) is 0 Å². The standard InChI is InChI=1S/C10H13N3O3S/c1-7-6-12(5-4-11-7)10(14)8-2-3-9(17-8)13(15)16/h2-3,7,11H,4-6H2,1H3. The number of amides is 1. The Hall–Kier alpha value is -1.47. The average molecular weight is 255 g/mol. The second-order valence-corrected chi connectivity index (χ2v) is 5.06. The Morgan fingerprint density at radius 2 is 2.41 bits per heavy atom. The van der Waals surface area contributed by atoms with Crippen LogP contribution in [0, 0.1) is 10.1 Å². The minimum Gasteiger partial charge on any atom is -0.335 e. The van der Waals surface area contributed by atoms with Crippen LogP contribution in [-0.4, -0.2) is 41.4 Å². The summed E-state index contributed by atoms with van der Waals surface area (Å²) in [6, 6.07) is 3.17. The maximum absolute atomic E-state index is 12.1. The second kappa shape index (κ2) is 4.80. The normalized spacial score (nSPS) is 20.3. The van der Waals surface area contributed by atoms with Crippen LogP contribution in [0.5, 0.6) is 0 Å². The average Bonchev–Trinajstić information content (AvgIpc) is 2.77. The summed E-state index contributed by atoms with van der Waals surface area (Å²) in [4.78, 5) is 24.3. The summed E-state index contributed by atoms with van der Waals surface area (Å²) < 4.78 is 0. The van der Waals surface area contributed by atoms with Crippen molar-refractivity contribution >= 4 is 22.2 Å². The first-order valence-corrected chi connectivity index (χ1v) is 6.16. The molecule has 0 aliphatic carbocycles. The van der Waals surface area contributed by atoms with Gasteiger partial charge in [-0.2, -0.15) is 0 Å². The van der Waals surface area contributed by atoms with Crippen LogP contribution in [0.3, 0.4) is 0 Å². The van der Waals surface area contributed by atoms with E-state index in [0.29, 0.717) is 18.0 Å². The van der Waals surface area contributed by atoms with Gasteiger partial charge in [0.25, 0.3) is 5.91 Å². The van der Waals surface area contributed by atoms with E-state index in [1.54, 1.807) is 4.90 Å². The lowest BCUT2D eigenvalue weighted by Gasteiger charge is -2.31. The highest BCUT2D eigenvalue weighted by Gasteiger charge is 2.24. The van der Waals surface area contributed by atoms with Crippen LogP contribution in [0.2, 0.25) is 0 Å². The van der Waals surface area contributed by atoms with Crippen LogP contribution in [0.25, 0.3) is 0 Å². The van der Waals surface area contributed by atoms with Gasteiger partial charge in [-0.3, -0.25) is 14.9 Å². The number of nitrogens with one attached hydrogen (secondary N) is 1. The fourth-order valence-electron chi connectivity index (χ4n) is 1.81. The third-order valence-corrected chi connectivity index (χ3v) is 3.66. The molecule has 17 heavy (non-hydrogen) atoms. The molecule has 0 aromatic carbocycles. The van der Waals surface area contributed by atoms with Gasteiger partial charge in [0.15, 0.2) is 0 Å². The highest BCUT2D eigenvalue weighted by Crippen LogP contribution is 2.25. The van der Waals surface area contributed by atoms with E-state index in [1.165, 1.54) is 12.1 Å². The van der Waals surface area contributed by atoms with E-state index in [4.69, 9.17) is 0 Å². The number of piperazine rings is 1. The van der Waals surface area contributed by atoms with Crippen LogP contribution in [0.4, 0.5) is 5.00 Å². The van der Waals surface area contributed by atoms with E-state index >= 15 is 0 Å². The zero-order valence-corrected chi connectivity index (χ0v) is 10.2. The molecule has 0 bridgehead atoms. The Balaban J connectivity index is 2.10. The van der Waals surface area contributed by atoms with Gasteiger partial charge < -0.3 is 10.2 Å². The number of thiophene rings is 1. The molecule has 1 amide bonds. The molecule has 1 atom stereocenters. The van der Waals surface area contributed by atoms with Crippen LogP contribution in [0.15, 0.2) is 12.1 Å². The van der Waals surface area contributed by atoms with Gasteiger partial charge in [-0.15, -0.1) is 0 Å². The first-order valence-electron chi connectivity index (χ1n) is 5.35. The first-order chi connectivity index (χ1) is 8.08. The molecule has 1 aliphatic rings. The second-order valence-electron chi connectivity index (χ2n) is 4.00. The van der Waals surface area contributed by atoms with Gasteiger partial charge >= 0.3 is 5.00 Å². The number of carbonyl (C=O) groups is 1. The summed E-state index contributed by atoms with van der Waals surface area (Å²) in [7, 11) is 0. The lowest BCUT2D eigenvalue weighted by molar-refractivity contribution is -0.380. The van der Waals surface area contributed by atoms with E-state index in [0.717, 1.165) is 17.9 Å². The molecule has 1 N–H and O–H groups in total. The Labute approximate surface area is 102 Å².